The normalized spacial score (nSPS) is 17.9. The van der Waals surface area contributed by atoms with Gasteiger partial charge in [-0.25, -0.2) is 15.0 Å². The molecule has 7 heteroatoms. The molecule has 1 aliphatic carbocycles. The molecule has 2 unspecified atom stereocenters. The summed E-state index contributed by atoms with van der Waals surface area (Å²) < 4.78 is 5.75. The summed E-state index contributed by atoms with van der Waals surface area (Å²) in [5.74, 6) is 5.72. The number of pyridine rings is 1. The molecule has 0 amide bonds. The second kappa shape index (κ2) is 9.45. The summed E-state index contributed by atoms with van der Waals surface area (Å²) in [5, 5.41) is 7.83. The summed E-state index contributed by atoms with van der Waals surface area (Å²) in [7, 11) is 0. The molecule has 1 saturated heterocycles. The second-order valence-electron chi connectivity index (χ2n) is 7.95. The van der Waals surface area contributed by atoms with Gasteiger partial charge in [0.15, 0.2) is 10.9 Å². The number of aromatic nitrogens is 3. The van der Waals surface area contributed by atoms with Crippen LogP contribution in [-0.4, -0.2) is 27.5 Å². The van der Waals surface area contributed by atoms with Crippen LogP contribution in [0.3, 0.4) is 0 Å². The number of ether oxygens (including phenoxy) is 1. The van der Waals surface area contributed by atoms with E-state index in [1.165, 1.54) is 19.4 Å². The molecule has 2 atom stereocenters. The van der Waals surface area contributed by atoms with Gasteiger partial charge in [-0.3, -0.25) is 0 Å². The van der Waals surface area contributed by atoms with E-state index in [0.29, 0.717) is 28.3 Å². The zero-order valence-electron chi connectivity index (χ0n) is 17.8. The van der Waals surface area contributed by atoms with Crippen LogP contribution >= 0.6 is 11.6 Å². The Balaban J connectivity index is 0.000000324. The predicted octanol–water partition coefficient (Wildman–Crippen LogP) is 5.56. The number of benzene rings is 2. The maximum Gasteiger partial charge on any atom is 0.207 e. The van der Waals surface area contributed by atoms with E-state index >= 15 is 0 Å². The van der Waals surface area contributed by atoms with Crippen LogP contribution in [0, 0.1) is 18.3 Å². The number of hydrogen-bond acceptors (Lipinski definition) is 6. The number of anilines is 2. The van der Waals surface area contributed by atoms with Crippen LogP contribution in [-0.2, 0) is 0 Å². The van der Waals surface area contributed by atoms with Gasteiger partial charge in [-0.2, -0.15) is 0 Å². The molecule has 0 spiro atoms. The van der Waals surface area contributed by atoms with Crippen LogP contribution in [0.2, 0.25) is 5.15 Å². The van der Waals surface area contributed by atoms with E-state index < -0.39 is 0 Å². The molecule has 2 aromatic heterocycles. The minimum atomic E-state index is 0.314. The molecule has 33 heavy (non-hydrogen) atoms. The molecule has 2 aromatic carbocycles. The third-order valence-electron chi connectivity index (χ3n) is 5.86. The Morgan fingerprint density at radius 1 is 1.03 bits per heavy atom. The van der Waals surface area contributed by atoms with E-state index in [2.05, 4.69) is 31.5 Å². The highest BCUT2D eigenvalue weighted by molar-refractivity contribution is 6.30. The van der Waals surface area contributed by atoms with Crippen LogP contribution in [0.4, 0.5) is 11.5 Å². The molecule has 1 saturated carbocycles. The van der Waals surface area contributed by atoms with Crippen molar-refractivity contribution >= 4 is 34.0 Å². The van der Waals surface area contributed by atoms with Crippen LogP contribution < -0.4 is 15.4 Å². The fourth-order valence-electron chi connectivity index (χ4n) is 3.78. The Hall–Kier alpha value is -3.66. The van der Waals surface area contributed by atoms with Gasteiger partial charge in [0.05, 0.1) is 5.52 Å². The lowest BCUT2D eigenvalue weighted by Gasteiger charge is -2.47. The number of fused-ring (bicyclic) bond motifs is 2. The maximum absolute atomic E-state index is 6.02. The Morgan fingerprint density at radius 3 is 2.48 bits per heavy atom. The predicted molar refractivity (Wildman–Crippen MR) is 131 cm³/mol. The Morgan fingerprint density at radius 2 is 1.85 bits per heavy atom. The van der Waals surface area contributed by atoms with Crippen molar-refractivity contribution in [2.45, 2.75) is 18.9 Å². The zero-order valence-corrected chi connectivity index (χ0v) is 18.6. The minimum Gasteiger partial charge on any atom is -0.454 e. The molecular weight excluding hydrogens is 434 g/mol. The molecule has 1 aliphatic heterocycles. The average Bonchev–Trinajstić information content (AvgIpc) is 2.84. The molecule has 3 heterocycles. The molecule has 2 aliphatic rings. The minimum absolute atomic E-state index is 0.314. The molecule has 6 rings (SSSR count). The van der Waals surface area contributed by atoms with Gasteiger partial charge in [0, 0.05) is 23.3 Å². The van der Waals surface area contributed by atoms with Gasteiger partial charge < -0.3 is 15.4 Å². The van der Waals surface area contributed by atoms with E-state index in [1.807, 2.05) is 48.5 Å². The largest absolute Gasteiger partial charge is 0.454 e. The molecule has 6 nitrogen and oxygen atoms in total. The summed E-state index contributed by atoms with van der Waals surface area (Å²) in [4.78, 5) is 12.7. The highest BCUT2D eigenvalue weighted by atomic mass is 35.5. The highest BCUT2D eigenvalue weighted by Gasteiger charge is 2.37. The number of rotatable bonds is 4. The summed E-state index contributed by atoms with van der Waals surface area (Å²) >= 11 is 6.02. The standard InChI is InChI=1S/C21H13ClN4O.C5H9N/c1-2-19-25-17-7-4-3-6-16(17)21(26-19)24-14-9-11-15(12-10-14)27-18-8-5-13-23-20(18)22;1-2-5-4(1)3-6-5/h1,3-13H,(H,24,25,26);4-6H,1-3H2. The molecule has 2 fully saturated rings. The van der Waals surface area contributed by atoms with Crippen molar-refractivity contribution in [3.05, 3.63) is 77.8 Å². The van der Waals surface area contributed by atoms with Crippen molar-refractivity contribution in [1.29, 1.82) is 0 Å². The van der Waals surface area contributed by atoms with E-state index in [-0.39, 0.29) is 0 Å². The Bertz CT molecular complexity index is 1300. The van der Waals surface area contributed by atoms with Gasteiger partial charge in [0.25, 0.3) is 0 Å². The van der Waals surface area contributed by atoms with Gasteiger partial charge >= 0.3 is 0 Å². The van der Waals surface area contributed by atoms with Crippen LogP contribution in [0.15, 0.2) is 66.9 Å². The summed E-state index contributed by atoms with van der Waals surface area (Å²) in [5.41, 5.74) is 1.63. The number of para-hydroxylation sites is 1. The van der Waals surface area contributed by atoms with Crippen LogP contribution in [0.1, 0.15) is 18.7 Å². The fraction of sp³-hybridized carbons (Fsp3) is 0.192. The van der Waals surface area contributed by atoms with Crippen molar-refractivity contribution in [1.82, 2.24) is 20.3 Å². The van der Waals surface area contributed by atoms with Gasteiger partial charge in [-0.05, 0) is 79.8 Å². The van der Waals surface area contributed by atoms with Crippen molar-refractivity contribution in [2.75, 3.05) is 11.9 Å². The van der Waals surface area contributed by atoms with Crippen molar-refractivity contribution < 1.29 is 4.74 Å². The Labute approximate surface area is 197 Å². The first-order valence-corrected chi connectivity index (χ1v) is 11.2. The van der Waals surface area contributed by atoms with E-state index in [9.17, 15) is 0 Å². The molecule has 0 radical (unpaired) electrons. The first-order valence-electron chi connectivity index (χ1n) is 10.8. The van der Waals surface area contributed by atoms with Crippen LogP contribution in [0.5, 0.6) is 11.5 Å². The highest BCUT2D eigenvalue weighted by Crippen LogP contribution is 2.33. The van der Waals surface area contributed by atoms with Crippen LogP contribution in [0.25, 0.3) is 10.9 Å². The first-order chi connectivity index (χ1) is 16.2. The molecule has 4 aromatic rings. The molecule has 164 valence electrons. The number of nitrogens with one attached hydrogen (secondary N) is 2. The summed E-state index contributed by atoms with van der Waals surface area (Å²) in [6.07, 6.45) is 10.0. The van der Waals surface area contributed by atoms with Gasteiger partial charge in [0.2, 0.25) is 5.82 Å². The topological polar surface area (TPSA) is 72.0 Å². The average molecular weight is 456 g/mol. The Kier molecular flexibility index (Phi) is 6.07. The number of halogens is 1. The monoisotopic (exact) mass is 455 g/mol. The zero-order chi connectivity index (χ0) is 22.6. The maximum atomic E-state index is 6.02. The van der Waals surface area contributed by atoms with Gasteiger partial charge in [-0.15, -0.1) is 6.42 Å². The van der Waals surface area contributed by atoms with Crippen molar-refractivity contribution in [2.24, 2.45) is 5.92 Å². The first kappa shape index (κ1) is 21.2. The third kappa shape index (κ3) is 4.75. The van der Waals surface area contributed by atoms with Crippen molar-refractivity contribution in [3.63, 3.8) is 0 Å². The number of piperidine rings is 1. The van der Waals surface area contributed by atoms with E-state index in [1.54, 1.807) is 18.3 Å². The number of terminal acetylenes is 1. The van der Waals surface area contributed by atoms with Crippen molar-refractivity contribution in [3.8, 4) is 23.8 Å². The number of nitrogens with zero attached hydrogens (tertiary/aromatic N) is 3. The SMILES string of the molecule is C#Cc1nc(Nc2ccc(Oc3cccnc3Cl)cc2)c2ccccc2n1.C1CC2NCC12. The summed E-state index contributed by atoms with van der Waals surface area (Å²) in [6.45, 7) is 1.31. The third-order valence-corrected chi connectivity index (χ3v) is 6.15. The lowest BCUT2D eigenvalue weighted by Crippen LogP contribution is -2.59. The van der Waals surface area contributed by atoms with Gasteiger partial charge in [0.1, 0.15) is 11.6 Å². The fourth-order valence-corrected chi connectivity index (χ4v) is 3.94. The molecule has 2 N–H and O–H groups in total. The van der Waals surface area contributed by atoms with E-state index in [4.69, 9.17) is 22.8 Å². The smallest absolute Gasteiger partial charge is 0.207 e. The second-order valence-corrected chi connectivity index (χ2v) is 8.31. The molecule has 0 bridgehead atoms. The summed E-state index contributed by atoms with van der Waals surface area (Å²) in [6, 6.07) is 19.6. The molecular formula is C26H22ClN5O. The quantitative estimate of drug-likeness (QED) is 0.310. The number of hydrogen-bond donors (Lipinski definition) is 2. The van der Waals surface area contributed by atoms with Gasteiger partial charge in [-0.1, -0.05) is 23.7 Å². The van der Waals surface area contributed by atoms with E-state index in [0.717, 1.165) is 28.6 Å². The lowest BCUT2D eigenvalue weighted by atomic mass is 9.74. The lowest BCUT2D eigenvalue weighted by molar-refractivity contribution is 0.111.